The molecule has 1 aliphatic carbocycles. The van der Waals surface area contributed by atoms with Gasteiger partial charge >= 0.3 is 0 Å². The number of hydrogen-bond donors (Lipinski definition) is 1. The molecule has 0 spiro atoms. The lowest BCUT2D eigenvalue weighted by Gasteiger charge is -2.32. The third-order valence-electron chi connectivity index (χ3n) is 5.44. The second kappa shape index (κ2) is 8.63. The van der Waals surface area contributed by atoms with Crippen molar-refractivity contribution >= 4 is 11.6 Å². The largest absolute Gasteiger partial charge is 0.326 e. The van der Waals surface area contributed by atoms with E-state index in [-0.39, 0.29) is 5.91 Å². The van der Waals surface area contributed by atoms with Crippen molar-refractivity contribution in [1.82, 2.24) is 9.80 Å². The van der Waals surface area contributed by atoms with Crippen LogP contribution in [0.5, 0.6) is 0 Å². The molecule has 1 N–H and O–H groups in total. The fourth-order valence-corrected chi connectivity index (χ4v) is 3.82. The van der Waals surface area contributed by atoms with Crippen LogP contribution < -0.4 is 5.32 Å². The van der Waals surface area contributed by atoms with E-state index in [4.69, 9.17) is 0 Å². The molecule has 3 rings (SSSR count). The van der Waals surface area contributed by atoms with Crippen LogP contribution in [-0.2, 0) is 11.3 Å². The van der Waals surface area contributed by atoms with Gasteiger partial charge in [-0.05, 0) is 43.5 Å². The molecule has 1 aromatic rings. The quantitative estimate of drug-likeness (QED) is 0.900. The van der Waals surface area contributed by atoms with Gasteiger partial charge in [-0.1, -0.05) is 31.4 Å². The first-order chi connectivity index (χ1) is 11.7. The summed E-state index contributed by atoms with van der Waals surface area (Å²) in [5.41, 5.74) is 2.25. The normalized spacial score (nSPS) is 20.9. The maximum Gasteiger partial charge on any atom is 0.224 e. The van der Waals surface area contributed by atoms with Crippen LogP contribution in [0.3, 0.4) is 0 Å². The van der Waals surface area contributed by atoms with E-state index in [2.05, 4.69) is 34.3 Å². The Labute approximate surface area is 146 Å². The molecule has 1 amide bonds. The van der Waals surface area contributed by atoms with Crippen molar-refractivity contribution in [3.05, 3.63) is 29.8 Å². The summed E-state index contributed by atoms with van der Waals surface area (Å²) < 4.78 is 0. The third-order valence-corrected chi connectivity index (χ3v) is 5.44. The predicted molar refractivity (Wildman–Crippen MR) is 99.0 cm³/mol. The Bertz CT molecular complexity index is 514. The van der Waals surface area contributed by atoms with E-state index in [1.54, 1.807) is 0 Å². The molecular weight excluding hydrogens is 298 g/mol. The number of benzene rings is 1. The Morgan fingerprint density at radius 2 is 1.71 bits per heavy atom. The van der Waals surface area contributed by atoms with Gasteiger partial charge in [-0.3, -0.25) is 9.69 Å². The first-order valence-corrected chi connectivity index (χ1v) is 9.49. The number of hydrogen-bond acceptors (Lipinski definition) is 3. The number of nitrogens with one attached hydrogen (secondary N) is 1. The van der Waals surface area contributed by atoms with Crippen molar-refractivity contribution in [3.8, 4) is 0 Å². The molecule has 0 bridgehead atoms. The molecule has 1 aliphatic heterocycles. The lowest BCUT2D eigenvalue weighted by atomic mass is 9.87. The summed E-state index contributed by atoms with van der Waals surface area (Å²) in [4.78, 5) is 17.1. The Balaban J connectivity index is 1.44. The number of piperazine rings is 1. The van der Waals surface area contributed by atoms with E-state index < -0.39 is 0 Å². The third kappa shape index (κ3) is 5.32. The number of amides is 1. The van der Waals surface area contributed by atoms with E-state index >= 15 is 0 Å². The van der Waals surface area contributed by atoms with Crippen LogP contribution in [0.4, 0.5) is 5.69 Å². The fourth-order valence-electron chi connectivity index (χ4n) is 3.82. The van der Waals surface area contributed by atoms with Crippen molar-refractivity contribution in [3.63, 3.8) is 0 Å². The zero-order valence-electron chi connectivity index (χ0n) is 15.0. The average molecular weight is 329 g/mol. The molecule has 24 heavy (non-hydrogen) atoms. The minimum absolute atomic E-state index is 0.175. The molecule has 1 saturated heterocycles. The predicted octanol–water partition coefficient (Wildman–Crippen LogP) is 3.34. The maximum absolute atomic E-state index is 12.2. The molecular formula is C20H31N3O. The molecule has 1 saturated carbocycles. The number of rotatable bonds is 5. The molecule has 2 fully saturated rings. The van der Waals surface area contributed by atoms with E-state index in [0.717, 1.165) is 38.4 Å². The van der Waals surface area contributed by atoms with E-state index in [0.29, 0.717) is 12.3 Å². The summed E-state index contributed by atoms with van der Waals surface area (Å²) in [6.45, 7) is 5.57. The lowest BCUT2D eigenvalue weighted by molar-refractivity contribution is -0.117. The van der Waals surface area contributed by atoms with Crippen molar-refractivity contribution in [2.45, 2.75) is 45.1 Å². The summed E-state index contributed by atoms with van der Waals surface area (Å²) >= 11 is 0. The summed E-state index contributed by atoms with van der Waals surface area (Å²) in [7, 11) is 2.18. The van der Waals surface area contributed by atoms with Crippen LogP contribution >= 0.6 is 0 Å². The average Bonchev–Trinajstić information content (AvgIpc) is 2.59. The number of likely N-dealkylation sites (N-methyl/N-ethyl adjacent to an activating group) is 1. The topological polar surface area (TPSA) is 35.6 Å². The number of anilines is 1. The van der Waals surface area contributed by atoms with E-state index in [1.165, 1.54) is 37.7 Å². The molecule has 4 heteroatoms. The van der Waals surface area contributed by atoms with Crippen LogP contribution in [0.25, 0.3) is 0 Å². The highest BCUT2D eigenvalue weighted by atomic mass is 16.1. The van der Waals surface area contributed by atoms with Crippen LogP contribution in [0.15, 0.2) is 24.3 Å². The Kier molecular flexibility index (Phi) is 6.27. The van der Waals surface area contributed by atoms with Gasteiger partial charge in [0.05, 0.1) is 0 Å². The first kappa shape index (κ1) is 17.4. The lowest BCUT2D eigenvalue weighted by Crippen LogP contribution is -2.43. The van der Waals surface area contributed by atoms with Crippen molar-refractivity contribution < 1.29 is 4.79 Å². The number of nitrogens with zero attached hydrogens (tertiary/aromatic N) is 2. The Hall–Kier alpha value is -1.39. The maximum atomic E-state index is 12.2. The fraction of sp³-hybridized carbons (Fsp3) is 0.650. The highest BCUT2D eigenvalue weighted by Gasteiger charge is 2.17. The second-order valence-electron chi connectivity index (χ2n) is 7.53. The summed E-state index contributed by atoms with van der Waals surface area (Å²) in [6, 6.07) is 8.39. The van der Waals surface area contributed by atoms with Crippen LogP contribution in [0, 0.1) is 5.92 Å². The van der Waals surface area contributed by atoms with Crippen molar-refractivity contribution in [1.29, 1.82) is 0 Å². The van der Waals surface area contributed by atoms with Crippen LogP contribution in [0.2, 0.25) is 0 Å². The number of carbonyl (C=O) groups excluding carboxylic acids is 1. The standard InChI is InChI=1S/C20H31N3O/c1-22-11-13-23(14-12-22)16-18-7-9-19(10-8-18)21-20(24)15-17-5-3-2-4-6-17/h7-10,17H,2-6,11-16H2,1H3,(H,21,24). The zero-order chi connectivity index (χ0) is 16.8. The minimum atomic E-state index is 0.175. The highest BCUT2D eigenvalue weighted by Crippen LogP contribution is 2.26. The molecule has 1 heterocycles. The van der Waals surface area contributed by atoms with Crippen molar-refractivity contribution in [2.24, 2.45) is 5.92 Å². The van der Waals surface area contributed by atoms with E-state index in [9.17, 15) is 4.79 Å². The molecule has 0 atom stereocenters. The van der Waals surface area contributed by atoms with Gasteiger partial charge in [-0.15, -0.1) is 0 Å². The Morgan fingerprint density at radius 3 is 2.38 bits per heavy atom. The SMILES string of the molecule is CN1CCN(Cc2ccc(NC(=O)CC3CCCCC3)cc2)CC1. The highest BCUT2D eigenvalue weighted by molar-refractivity contribution is 5.90. The molecule has 0 aromatic heterocycles. The van der Waals surface area contributed by atoms with Gasteiger partial charge in [0, 0.05) is 44.8 Å². The van der Waals surface area contributed by atoms with Gasteiger partial charge in [0.1, 0.15) is 0 Å². The van der Waals surface area contributed by atoms with Gasteiger partial charge in [-0.25, -0.2) is 0 Å². The van der Waals surface area contributed by atoms with Crippen LogP contribution in [-0.4, -0.2) is 48.9 Å². The van der Waals surface area contributed by atoms with Gasteiger partial charge in [-0.2, -0.15) is 0 Å². The van der Waals surface area contributed by atoms with Gasteiger partial charge < -0.3 is 10.2 Å². The molecule has 132 valence electrons. The van der Waals surface area contributed by atoms with Crippen LogP contribution in [0.1, 0.15) is 44.1 Å². The Morgan fingerprint density at radius 1 is 1.04 bits per heavy atom. The molecule has 0 radical (unpaired) electrons. The van der Waals surface area contributed by atoms with E-state index in [1.807, 2.05) is 12.1 Å². The second-order valence-corrected chi connectivity index (χ2v) is 7.53. The molecule has 1 aromatic carbocycles. The smallest absolute Gasteiger partial charge is 0.224 e. The first-order valence-electron chi connectivity index (χ1n) is 9.49. The van der Waals surface area contributed by atoms with Gasteiger partial charge in [0.15, 0.2) is 0 Å². The minimum Gasteiger partial charge on any atom is -0.326 e. The molecule has 4 nitrogen and oxygen atoms in total. The summed E-state index contributed by atoms with van der Waals surface area (Å²) in [5.74, 6) is 0.768. The van der Waals surface area contributed by atoms with Crippen molar-refractivity contribution in [2.75, 3.05) is 38.5 Å². The molecule has 0 unspecified atom stereocenters. The zero-order valence-corrected chi connectivity index (χ0v) is 15.0. The summed E-state index contributed by atoms with van der Waals surface area (Å²) in [5, 5.41) is 3.07. The van der Waals surface area contributed by atoms with Gasteiger partial charge in [0.25, 0.3) is 0 Å². The summed E-state index contributed by atoms with van der Waals surface area (Å²) in [6.07, 6.45) is 7.04. The monoisotopic (exact) mass is 329 g/mol. The van der Waals surface area contributed by atoms with Gasteiger partial charge in [0.2, 0.25) is 5.91 Å². The number of carbonyl (C=O) groups is 1. The molecule has 2 aliphatic rings.